The molecule has 6 nitrogen and oxygen atoms in total. The Bertz CT molecular complexity index is 301. The first-order valence-electron chi connectivity index (χ1n) is 5.00. The number of carbonyl (C=O) groups is 3. The van der Waals surface area contributed by atoms with Crippen molar-refractivity contribution in [1.29, 1.82) is 0 Å². The summed E-state index contributed by atoms with van der Waals surface area (Å²) in [5.74, 6) is -2.48. The third-order valence-corrected chi connectivity index (χ3v) is 2.11. The SMILES string of the molecule is CC(=O)NCC(=O)[C@](N)(CC(C)C)C(=O)O. The summed E-state index contributed by atoms with van der Waals surface area (Å²) in [4.78, 5) is 33.2. The molecular formula is C10H18N2O4. The van der Waals surface area contributed by atoms with E-state index in [4.69, 9.17) is 10.8 Å². The van der Waals surface area contributed by atoms with Crippen molar-refractivity contribution in [3.63, 3.8) is 0 Å². The van der Waals surface area contributed by atoms with Gasteiger partial charge in [-0.1, -0.05) is 13.8 Å². The fourth-order valence-electron chi connectivity index (χ4n) is 1.33. The lowest BCUT2D eigenvalue weighted by molar-refractivity contribution is -0.149. The minimum absolute atomic E-state index is 0.0256. The first kappa shape index (κ1) is 14.6. The number of hydrogen-bond donors (Lipinski definition) is 3. The molecule has 0 rings (SSSR count). The minimum atomic E-state index is -1.92. The maximum Gasteiger partial charge on any atom is 0.331 e. The van der Waals surface area contributed by atoms with Gasteiger partial charge in [0.05, 0.1) is 6.54 Å². The van der Waals surface area contributed by atoms with Crippen LogP contribution in [0.2, 0.25) is 0 Å². The summed E-state index contributed by atoms with van der Waals surface area (Å²) in [5, 5.41) is 11.2. The lowest BCUT2D eigenvalue weighted by atomic mass is 9.86. The maximum absolute atomic E-state index is 11.6. The molecule has 1 amide bonds. The predicted molar refractivity (Wildman–Crippen MR) is 57.7 cm³/mol. The van der Waals surface area contributed by atoms with E-state index in [0.717, 1.165) is 0 Å². The van der Waals surface area contributed by atoms with Crippen molar-refractivity contribution >= 4 is 17.7 Å². The van der Waals surface area contributed by atoms with Crippen LogP contribution in [0.1, 0.15) is 27.2 Å². The quantitative estimate of drug-likeness (QED) is 0.534. The zero-order valence-corrected chi connectivity index (χ0v) is 9.74. The third-order valence-electron chi connectivity index (χ3n) is 2.11. The highest BCUT2D eigenvalue weighted by atomic mass is 16.4. The van der Waals surface area contributed by atoms with Gasteiger partial charge in [-0.25, -0.2) is 4.79 Å². The number of carboxylic acid groups (broad SMARTS) is 1. The van der Waals surface area contributed by atoms with E-state index < -0.39 is 23.2 Å². The van der Waals surface area contributed by atoms with Crippen LogP contribution in [0.15, 0.2) is 0 Å². The normalized spacial score (nSPS) is 14.3. The molecular weight excluding hydrogens is 212 g/mol. The summed E-state index contributed by atoms with van der Waals surface area (Å²) in [6.07, 6.45) is 0.0424. The highest BCUT2D eigenvalue weighted by Gasteiger charge is 2.41. The molecule has 0 aromatic carbocycles. The summed E-state index contributed by atoms with van der Waals surface area (Å²) in [6.45, 7) is 4.44. The van der Waals surface area contributed by atoms with E-state index in [1.807, 2.05) is 0 Å². The van der Waals surface area contributed by atoms with Crippen molar-refractivity contribution in [3.8, 4) is 0 Å². The Morgan fingerprint density at radius 2 is 1.88 bits per heavy atom. The summed E-state index contributed by atoms with van der Waals surface area (Å²) in [7, 11) is 0. The topological polar surface area (TPSA) is 109 Å². The van der Waals surface area contributed by atoms with Gasteiger partial charge in [0.2, 0.25) is 5.91 Å². The Kier molecular flexibility index (Phi) is 5.10. The molecule has 92 valence electrons. The largest absolute Gasteiger partial charge is 0.480 e. The average Bonchev–Trinajstić information content (AvgIpc) is 2.12. The van der Waals surface area contributed by atoms with E-state index in [1.165, 1.54) is 6.92 Å². The molecule has 0 saturated heterocycles. The lowest BCUT2D eigenvalue weighted by Crippen LogP contribution is -2.58. The molecule has 0 aromatic heterocycles. The standard InChI is InChI=1S/C10H18N2O4/c1-6(2)4-10(11,9(15)16)8(14)5-12-7(3)13/h6H,4-5,11H2,1-3H3,(H,12,13)(H,15,16)/t10-/m1/s1. The molecule has 0 aromatic rings. The van der Waals surface area contributed by atoms with E-state index in [0.29, 0.717) is 0 Å². The highest BCUT2D eigenvalue weighted by molar-refractivity contribution is 6.09. The monoisotopic (exact) mass is 230 g/mol. The van der Waals surface area contributed by atoms with Gasteiger partial charge in [0.1, 0.15) is 0 Å². The predicted octanol–water partition coefficient (Wildman–Crippen LogP) is -0.480. The Balaban J connectivity index is 4.70. The summed E-state index contributed by atoms with van der Waals surface area (Å²) < 4.78 is 0. The van der Waals surface area contributed by atoms with Gasteiger partial charge in [-0.3, -0.25) is 9.59 Å². The number of ketones is 1. The van der Waals surface area contributed by atoms with Gasteiger partial charge >= 0.3 is 5.97 Å². The molecule has 0 aliphatic heterocycles. The summed E-state index contributed by atoms with van der Waals surface area (Å²) in [6, 6.07) is 0. The van der Waals surface area contributed by atoms with E-state index in [-0.39, 0.29) is 18.9 Å². The van der Waals surface area contributed by atoms with Gasteiger partial charge in [-0.2, -0.15) is 0 Å². The number of Topliss-reactive ketones (excluding diaryl/α,β-unsaturated/α-hetero) is 1. The van der Waals surface area contributed by atoms with Crippen molar-refractivity contribution in [1.82, 2.24) is 5.32 Å². The van der Waals surface area contributed by atoms with Gasteiger partial charge in [0, 0.05) is 6.92 Å². The van der Waals surface area contributed by atoms with Crippen molar-refractivity contribution in [2.75, 3.05) is 6.54 Å². The van der Waals surface area contributed by atoms with Crippen LogP contribution in [0.5, 0.6) is 0 Å². The number of carboxylic acids is 1. The van der Waals surface area contributed by atoms with Gasteiger partial charge < -0.3 is 16.2 Å². The molecule has 0 aliphatic rings. The first-order valence-corrected chi connectivity index (χ1v) is 5.00. The second-order valence-corrected chi connectivity index (χ2v) is 4.21. The lowest BCUT2D eigenvalue weighted by Gasteiger charge is -2.25. The third kappa shape index (κ3) is 3.98. The zero-order valence-electron chi connectivity index (χ0n) is 9.74. The number of nitrogens with two attached hydrogens (primary N) is 1. The first-order chi connectivity index (χ1) is 7.20. The van der Waals surface area contributed by atoms with E-state index in [9.17, 15) is 14.4 Å². The smallest absolute Gasteiger partial charge is 0.331 e. The van der Waals surface area contributed by atoms with Crippen LogP contribution in [0.3, 0.4) is 0 Å². The molecule has 0 radical (unpaired) electrons. The number of rotatable bonds is 6. The second-order valence-electron chi connectivity index (χ2n) is 4.21. The number of hydrogen-bond acceptors (Lipinski definition) is 4. The minimum Gasteiger partial charge on any atom is -0.480 e. The maximum atomic E-state index is 11.6. The van der Waals surface area contributed by atoms with E-state index in [2.05, 4.69) is 5.32 Å². The Morgan fingerprint density at radius 1 is 1.38 bits per heavy atom. The number of carbonyl (C=O) groups excluding carboxylic acids is 2. The molecule has 0 fully saturated rings. The number of aliphatic carboxylic acids is 1. The molecule has 16 heavy (non-hydrogen) atoms. The molecule has 6 heteroatoms. The van der Waals surface area contributed by atoms with Crippen molar-refractivity contribution in [2.24, 2.45) is 11.7 Å². The Hall–Kier alpha value is -1.43. The van der Waals surface area contributed by atoms with Crippen LogP contribution in [-0.4, -0.2) is 34.8 Å². The second kappa shape index (κ2) is 5.60. The number of nitrogens with one attached hydrogen (secondary N) is 1. The van der Waals surface area contributed by atoms with Gasteiger partial charge in [0.25, 0.3) is 0 Å². The van der Waals surface area contributed by atoms with Crippen LogP contribution in [-0.2, 0) is 14.4 Å². The molecule has 0 bridgehead atoms. The van der Waals surface area contributed by atoms with Crippen molar-refractivity contribution in [2.45, 2.75) is 32.7 Å². The fraction of sp³-hybridized carbons (Fsp3) is 0.700. The van der Waals surface area contributed by atoms with Gasteiger partial charge in [-0.15, -0.1) is 0 Å². The molecule has 0 unspecified atom stereocenters. The van der Waals surface area contributed by atoms with Gasteiger partial charge in [-0.05, 0) is 12.3 Å². The highest BCUT2D eigenvalue weighted by Crippen LogP contribution is 2.15. The molecule has 0 heterocycles. The van der Waals surface area contributed by atoms with E-state index in [1.54, 1.807) is 13.8 Å². The van der Waals surface area contributed by atoms with Crippen LogP contribution < -0.4 is 11.1 Å². The van der Waals surface area contributed by atoms with Crippen molar-refractivity contribution < 1.29 is 19.5 Å². The molecule has 1 atom stereocenters. The average molecular weight is 230 g/mol. The fourth-order valence-corrected chi connectivity index (χ4v) is 1.33. The van der Waals surface area contributed by atoms with Crippen LogP contribution >= 0.6 is 0 Å². The van der Waals surface area contributed by atoms with Crippen LogP contribution in [0, 0.1) is 5.92 Å². The van der Waals surface area contributed by atoms with Crippen molar-refractivity contribution in [3.05, 3.63) is 0 Å². The molecule has 0 spiro atoms. The molecule has 4 N–H and O–H groups in total. The van der Waals surface area contributed by atoms with E-state index >= 15 is 0 Å². The molecule has 0 saturated carbocycles. The summed E-state index contributed by atoms with van der Waals surface area (Å²) in [5.41, 5.74) is 3.65. The number of amides is 1. The zero-order chi connectivity index (χ0) is 12.9. The Morgan fingerprint density at radius 3 is 2.19 bits per heavy atom. The molecule has 0 aliphatic carbocycles. The van der Waals surface area contributed by atoms with Crippen LogP contribution in [0.25, 0.3) is 0 Å². The Labute approximate surface area is 94.2 Å². The summed E-state index contributed by atoms with van der Waals surface area (Å²) >= 11 is 0. The van der Waals surface area contributed by atoms with Gasteiger partial charge in [0.15, 0.2) is 11.3 Å². The van der Waals surface area contributed by atoms with Crippen LogP contribution in [0.4, 0.5) is 0 Å².